The summed E-state index contributed by atoms with van der Waals surface area (Å²) in [5.41, 5.74) is 0.267. The molecule has 8 nitrogen and oxygen atoms in total. The van der Waals surface area contributed by atoms with E-state index in [-0.39, 0.29) is 27.3 Å². The summed E-state index contributed by atoms with van der Waals surface area (Å²) < 4.78 is 60.5. The summed E-state index contributed by atoms with van der Waals surface area (Å²) in [6, 6.07) is 6.02. The largest absolute Gasteiger partial charge is 0.491 e. The molecule has 166 valence electrons. The van der Waals surface area contributed by atoms with Crippen molar-refractivity contribution in [3.05, 3.63) is 35.7 Å². The van der Waals surface area contributed by atoms with Gasteiger partial charge in [0.15, 0.2) is 0 Å². The Morgan fingerprint density at radius 3 is 2.10 bits per heavy atom. The SMILES string of the molecule is Cc1nn(S(=O)(=O)c2ccc(OC(C)C)cc2)c(C)c1S(=O)(=O)N1CCC(C)CC1. The van der Waals surface area contributed by atoms with Crippen molar-refractivity contribution in [3.63, 3.8) is 0 Å². The molecule has 0 N–H and O–H groups in total. The van der Waals surface area contributed by atoms with Gasteiger partial charge < -0.3 is 4.74 Å². The van der Waals surface area contributed by atoms with Gasteiger partial charge in [-0.2, -0.15) is 21.9 Å². The zero-order valence-electron chi connectivity index (χ0n) is 18.0. The highest BCUT2D eigenvalue weighted by Crippen LogP contribution is 2.29. The highest BCUT2D eigenvalue weighted by atomic mass is 32.2. The number of ether oxygens (including phenoxy) is 1. The summed E-state index contributed by atoms with van der Waals surface area (Å²) in [6.45, 7) is 9.72. The van der Waals surface area contributed by atoms with Gasteiger partial charge in [0, 0.05) is 13.1 Å². The molecule has 0 saturated carbocycles. The molecule has 0 radical (unpaired) electrons. The van der Waals surface area contributed by atoms with Crippen LogP contribution in [0.15, 0.2) is 34.1 Å². The molecule has 1 aliphatic heterocycles. The first kappa shape index (κ1) is 22.8. The highest BCUT2D eigenvalue weighted by molar-refractivity contribution is 7.90. The summed E-state index contributed by atoms with van der Waals surface area (Å²) in [4.78, 5) is -0.0136. The number of nitrogens with zero attached hydrogens (tertiary/aromatic N) is 3. The van der Waals surface area contributed by atoms with Crippen molar-refractivity contribution in [2.24, 2.45) is 5.92 Å². The molecule has 0 aliphatic carbocycles. The minimum absolute atomic E-state index is 0.0138. The van der Waals surface area contributed by atoms with Crippen LogP contribution in [-0.2, 0) is 20.0 Å². The van der Waals surface area contributed by atoms with E-state index in [1.54, 1.807) is 12.1 Å². The van der Waals surface area contributed by atoms with Gasteiger partial charge in [0.1, 0.15) is 10.6 Å². The molecule has 1 aromatic heterocycles. The van der Waals surface area contributed by atoms with Gasteiger partial charge in [-0.3, -0.25) is 0 Å². The standard InChI is InChI=1S/C20H29N3O5S2/c1-14(2)28-18-6-8-19(9-7-18)29(24,25)23-17(5)20(16(4)21-23)30(26,27)22-12-10-15(3)11-13-22/h6-9,14-15H,10-13H2,1-5H3. The third kappa shape index (κ3) is 4.26. The third-order valence-electron chi connectivity index (χ3n) is 5.25. The van der Waals surface area contributed by atoms with E-state index in [0.29, 0.717) is 24.8 Å². The predicted octanol–water partition coefficient (Wildman–Crippen LogP) is 2.94. The second kappa shape index (κ2) is 8.32. The van der Waals surface area contributed by atoms with Crippen LogP contribution < -0.4 is 4.74 Å². The van der Waals surface area contributed by atoms with Crippen LogP contribution in [0, 0.1) is 19.8 Å². The molecule has 3 rings (SSSR count). The average molecular weight is 456 g/mol. The molecule has 1 saturated heterocycles. The molecule has 0 amide bonds. The summed E-state index contributed by atoms with van der Waals surface area (Å²) in [6.07, 6.45) is 1.54. The minimum Gasteiger partial charge on any atom is -0.491 e. The van der Waals surface area contributed by atoms with Crippen molar-refractivity contribution < 1.29 is 21.6 Å². The van der Waals surface area contributed by atoms with Gasteiger partial charge >= 0.3 is 0 Å². The molecule has 0 spiro atoms. The summed E-state index contributed by atoms with van der Waals surface area (Å²) in [7, 11) is -7.87. The molecule has 0 unspecified atom stereocenters. The lowest BCUT2D eigenvalue weighted by molar-refractivity contribution is 0.242. The van der Waals surface area contributed by atoms with Gasteiger partial charge in [-0.25, -0.2) is 8.42 Å². The van der Waals surface area contributed by atoms with Gasteiger partial charge in [0.05, 0.1) is 22.4 Å². The van der Waals surface area contributed by atoms with Gasteiger partial charge in [0.2, 0.25) is 10.0 Å². The van der Waals surface area contributed by atoms with Crippen LogP contribution in [-0.4, -0.2) is 49.5 Å². The topological polar surface area (TPSA) is 98.6 Å². The zero-order valence-corrected chi connectivity index (χ0v) is 19.6. The monoisotopic (exact) mass is 455 g/mol. The Kier molecular flexibility index (Phi) is 6.31. The normalized spacial score (nSPS) is 16.9. The maximum atomic E-state index is 13.2. The first-order valence-corrected chi connectivity index (χ1v) is 12.9. The molecular formula is C20H29N3O5S2. The molecule has 1 fully saturated rings. The molecule has 1 aromatic carbocycles. The van der Waals surface area contributed by atoms with Crippen LogP contribution in [0.5, 0.6) is 5.75 Å². The van der Waals surface area contributed by atoms with Crippen LogP contribution in [0.2, 0.25) is 0 Å². The second-order valence-corrected chi connectivity index (χ2v) is 11.7. The summed E-state index contributed by atoms with van der Waals surface area (Å²) >= 11 is 0. The predicted molar refractivity (Wildman–Crippen MR) is 114 cm³/mol. The lowest BCUT2D eigenvalue weighted by Crippen LogP contribution is -2.38. The average Bonchev–Trinajstić information content (AvgIpc) is 2.97. The van der Waals surface area contributed by atoms with Gasteiger partial charge in [0.25, 0.3) is 10.0 Å². The van der Waals surface area contributed by atoms with E-state index in [0.717, 1.165) is 16.9 Å². The number of hydrogen-bond donors (Lipinski definition) is 0. The van der Waals surface area contributed by atoms with Crippen molar-refractivity contribution in [1.29, 1.82) is 0 Å². The fraction of sp³-hybridized carbons (Fsp3) is 0.550. The van der Waals surface area contributed by atoms with E-state index in [9.17, 15) is 16.8 Å². The van der Waals surface area contributed by atoms with E-state index in [4.69, 9.17) is 4.74 Å². The Morgan fingerprint density at radius 2 is 1.57 bits per heavy atom. The Balaban J connectivity index is 1.98. The Bertz CT molecular complexity index is 1110. The van der Waals surface area contributed by atoms with E-state index in [1.165, 1.54) is 30.3 Å². The Hall–Kier alpha value is -1.91. The Morgan fingerprint density at radius 1 is 1.00 bits per heavy atom. The van der Waals surface area contributed by atoms with Crippen molar-refractivity contribution in [2.75, 3.05) is 13.1 Å². The zero-order chi connectivity index (χ0) is 22.3. The molecule has 0 bridgehead atoms. The van der Waals surface area contributed by atoms with Crippen molar-refractivity contribution in [1.82, 2.24) is 13.5 Å². The van der Waals surface area contributed by atoms with Crippen molar-refractivity contribution in [2.45, 2.75) is 63.4 Å². The third-order valence-corrected chi connectivity index (χ3v) is 9.08. The number of piperidine rings is 1. The maximum Gasteiger partial charge on any atom is 0.283 e. The van der Waals surface area contributed by atoms with E-state index < -0.39 is 20.0 Å². The number of rotatable bonds is 6. The number of hydrogen-bond acceptors (Lipinski definition) is 6. The molecule has 1 aliphatic rings. The van der Waals surface area contributed by atoms with E-state index in [1.807, 2.05) is 13.8 Å². The number of aryl methyl sites for hydroxylation is 1. The summed E-state index contributed by atoms with van der Waals surface area (Å²) in [5, 5.41) is 4.10. The van der Waals surface area contributed by atoms with Gasteiger partial charge in [-0.05, 0) is 70.7 Å². The van der Waals surface area contributed by atoms with Gasteiger partial charge in [-0.1, -0.05) is 6.92 Å². The van der Waals surface area contributed by atoms with Crippen LogP contribution in [0.1, 0.15) is 45.0 Å². The lowest BCUT2D eigenvalue weighted by atomic mass is 10.0. The maximum absolute atomic E-state index is 13.2. The Labute approximate surface area is 178 Å². The lowest BCUT2D eigenvalue weighted by Gasteiger charge is -2.29. The van der Waals surface area contributed by atoms with Crippen molar-refractivity contribution in [3.8, 4) is 5.75 Å². The molecule has 2 heterocycles. The fourth-order valence-corrected chi connectivity index (χ4v) is 6.87. The van der Waals surface area contributed by atoms with Crippen LogP contribution in [0.3, 0.4) is 0 Å². The minimum atomic E-state index is -4.05. The van der Waals surface area contributed by atoms with E-state index in [2.05, 4.69) is 12.0 Å². The smallest absolute Gasteiger partial charge is 0.283 e. The van der Waals surface area contributed by atoms with Gasteiger partial charge in [-0.15, -0.1) is 0 Å². The summed E-state index contributed by atoms with van der Waals surface area (Å²) in [5.74, 6) is 1.03. The molecule has 10 heteroatoms. The number of sulfonamides is 1. The van der Waals surface area contributed by atoms with Crippen LogP contribution in [0.4, 0.5) is 0 Å². The van der Waals surface area contributed by atoms with E-state index >= 15 is 0 Å². The molecule has 30 heavy (non-hydrogen) atoms. The quantitative estimate of drug-likeness (QED) is 0.664. The van der Waals surface area contributed by atoms with Crippen LogP contribution in [0.25, 0.3) is 0 Å². The fourth-order valence-electron chi connectivity index (χ4n) is 3.63. The molecular weight excluding hydrogens is 426 g/mol. The first-order valence-electron chi connectivity index (χ1n) is 10.0. The van der Waals surface area contributed by atoms with Crippen molar-refractivity contribution >= 4 is 20.0 Å². The number of aromatic nitrogens is 2. The highest BCUT2D eigenvalue weighted by Gasteiger charge is 2.35. The van der Waals surface area contributed by atoms with Crippen LogP contribution >= 0.6 is 0 Å². The molecule has 0 atom stereocenters. The number of benzene rings is 1. The second-order valence-electron chi connectivity index (χ2n) is 8.07. The molecule has 2 aromatic rings. The first-order chi connectivity index (χ1) is 13.9.